The number of aromatic amines is 1. The van der Waals surface area contributed by atoms with E-state index in [0.29, 0.717) is 24.3 Å². The quantitative estimate of drug-likeness (QED) is 0.759. The molecule has 0 aliphatic rings. The first-order valence-corrected chi connectivity index (χ1v) is 7.14. The fourth-order valence-electron chi connectivity index (χ4n) is 2.14. The highest BCUT2D eigenvalue weighted by atomic mass is 19.1. The highest BCUT2D eigenvalue weighted by Gasteiger charge is 2.04. The summed E-state index contributed by atoms with van der Waals surface area (Å²) < 4.78 is 12.9. The van der Waals surface area contributed by atoms with Gasteiger partial charge in [-0.1, -0.05) is 0 Å². The van der Waals surface area contributed by atoms with E-state index in [2.05, 4.69) is 20.3 Å². The predicted molar refractivity (Wildman–Crippen MR) is 85.1 cm³/mol. The first kappa shape index (κ1) is 14.7. The van der Waals surface area contributed by atoms with Crippen molar-refractivity contribution in [2.75, 3.05) is 11.9 Å². The van der Waals surface area contributed by atoms with Crippen molar-refractivity contribution in [3.05, 3.63) is 66.0 Å². The average molecular weight is 307 g/mol. The van der Waals surface area contributed by atoms with Gasteiger partial charge in [0.05, 0.1) is 17.5 Å². The van der Waals surface area contributed by atoms with Crippen LogP contribution in [-0.2, 0) is 6.42 Å². The normalized spacial score (nSPS) is 10.3. The summed E-state index contributed by atoms with van der Waals surface area (Å²) in [4.78, 5) is 11.7. The summed E-state index contributed by atoms with van der Waals surface area (Å²) in [6, 6.07) is 11.8. The fraction of sp³-hybridized carbons (Fsp3) is 0.118. The molecule has 1 aromatic carbocycles. The summed E-state index contributed by atoms with van der Waals surface area (Å²) in [5.41, 5.74) is 2.29. The molecule has 2 heterocycles. The van der Waals surface area contributed by atoms with Crippen LogP contribution in [0.4, 0.5) is 10.2 Å². The van der Waals surface area contributed by atoms with E-state index in [1.165, 1.54) is 18.3 Å². The molecule has 114 valence electrons. The van der Waals surface area contributed by atoms with Crippen LogP contribution < -0.4 is 5.32 Å². The van der Waals surface area contributed by atoms with Gasteiger partial charge in [-0.3, -0.25) is 0 Å². The number of aromatic nitrogens is 3. The summed E-state index contributed by atoms with van der Waals surface area (Å²) >= 11 is 0. The van der Waals surface area contributed by atoms with Crippen LogP contribution >= 0.6 is 0 Å². The van der Waals surface area contributed by atoms with Crippen LogP contribution in [-0.4, -0.2) is 21.5 Å². The van der Waals surface area contributed by atoms with Gasteiger partial charge in [-0.25, -0.2) is 14.4 Å². The Hall–Kier alpha value is -3.20. The molecule has 23 heavy (non-hydrogen) atoms. The van der Waals surface area contributed by atoms with Gasteiger partial charge in [0.1, 0.15) is 23.5 Å². The number of hydrogen-bond donors (Lipinski definition) is 2. The number of pyridine rings is 1. The van der Waals surface area contributed by atoms with E-state index < -0.39 is 0 Å². The number of imidazole rings is 1. The number of rotatable bonds is 5. The van der Waals surface area contributed by atoms with Crippen molar-refractivity contribution in [3.8, 4) is 17.3 Å². The number of H-pyrrole nitrogens is 1. The maximum Gasteiger partial charge on any atom is 0.125 e. The lowest BCUT2D eigenvalue weighted by Crippen LogP contribution is -2.07. The Kier molecular flexibility index (Phi) is 4.29. The zero-order valence-electron chi connectivity index (χ0n) is 12.3. The van der Waals surface area contributed by atoms with Gasteiger partial charge in [0.2, 0.25) is 0 Å². The Bertz CT molecular complexity index is 815. The van der Waals surface area contributed by atoms with Crippen LogP contribution in [0, 0.1) is 17.1 Å². The molecule has 0 atom stereocenters. The lowest BCUT2D eigenvalue weighted by molar-refractivity contribution is 0.628. The van der Waals surface area contributed by atoms with Crippen molar-refractivity contribution >= 4 is 5.82 Å². The zero-order valence-corrected chi connectivity index (χ0v) is 12.3. The van der Waals surface area contributed by atoms with Crippen LogP contribution in [0.25, 0.3) is 11.3 Å². The molecule has 0 radical (unpaired) electrons. The largest absolute Gasteiger partial charge is 0.370 e. The van der Waals surface area contributed by atoms with E-state index in [1.807, 2.05) is 6.07 Å². The Morgan fingerprint density at radius 1 is 1.09 bits per heavy atom. The highest BCUT2D eigenvalue weighted by Crippen LogP contribution is 2.17. The van der Waals surface area contributed by atoms with Crippen molar-refractivity contribution in [1.82, 2.24) is 15.0 Å². The minimum atomic E-state index is -0.257. The Morgan fingerprint density at radius 3 is 2.61 bits per heavy atom. The Morgan fingerprint density at radius 2 is 1.91 bits per heavy atom. The van der Waals surface area contributed by atoms with Gasteiger partial charge in [0, 0.05) is 19.2 Å². The van der Waals surface area contributed by atoms with Crippen LogP contribution in [0.1, 0.15) is 11.4 Å². The molecule has 0 unspecified atom stereocenters. The minimum absolute atomic E-state index is 0.257. The van der Waals surface area contributed by atoms with Crippen molar-refractivity contribution in [3.63, 3.8) is 0 Å². The first-order valence-electron chi connectivity index (χ1n) is 7.14. The number of nitriles is 1. The third kappa shape index (κ3) is 3.71. The van der Waals surface area contributed by atoms with Gasteiger partial charge < -0.3 is 10.3 Å². The third-order valence-corrected chi connectivity index (χ3v) is 3.34. The van der Waals surface area contributed by atoms with Crippen molar-refractivity contribution < 1.29 is 4.39 Å². The molecule has 5 nitrogen and oxygen atoms in total. The number of benzene rings is 1. The van der Waals surface area contributed by atoms with Gasteiger partial charge in [-0.05, 0) is 42.0 Å². The van der Waals surface area contributed by atoms with Crippen molar-refractivity contribution in [1.29, 1.82) is 5.26 Å². The van der Waals surface area contributed by atoms with E-state index in [-0.39, 0.29) is 5.82 Å². The lowest BCUT2D eigenvalue weighted by atomic mass is 10.2. The average Bonchev–Trinajstić information content (AvgIpc) is 3.05. The maximum absolute atomic E-state index is 12.9. The second kappa shape index (κ2) is 6.71. The highest BCUT2D eigenvalue weighted by molar-refractivity contribution is 5.58. The summed E-state index contributed by atoms with van der Waals surface area (Å²) in [5, 5.41) is 11.9. The van der Waals surface area contributed by atoms with Gasteiger partial charge in [0.15, 0.2) is 0 Å². The molecule has 0 aliphatic heterocycles. The smallest absolute Gasteiger partial charge is 0.125 e. The van der Waals surface area contributed by atoms with E-state index in [9.17, 15) is 4.39 Å². The zero-order chi connectivity index (χ0) is 16.1. The molecular weight excluding hydrogens is 293 g/mol. The fourth-order valence-corrected chi connectivity index (χ4v) is 2.14. The lowest BCUT2D eigenvalue weighted by Gasteiger charge is -2.03. The molecule has 3 aromatic rings. The SMILES string of the molecule is N#Cc1ccc(NCCc2ncc(-c3ccc(F)cc3)[nH]2)nc1. The molecule has 0 fully saturated rings. The second-order valence-electron chi connectivity index (χ2n) is 4.97. The van der Waals surface area contributed by atoms with Crippen LogP contribution in [0.2, 0.25) is 0 Å². The Balaban J connectivity index is 1.56. The standard InChI is InChI=1S/C17H14FN5/c18-14-4-2-13(3-5-14)15-11-22-17(23-15)7-8-20-16-6-1-12(9-19)10-21-16/h1-6,10-11H,7-8H2,(H,20,21)(H,22,23). The molecule has 0 saturated carbocycles. The maximum atomic E-state index is 12.9. The van der Waals surface area contributed by atoms with Crippen LogP contribution in [0.15, 0.2) is 48.8 Å². The number of hydrogen-bond acceptors (Lipinski definition) is 4. The minimum Gasteiger partial charge on any atom is -0.370 e. The molecule has 0 amide bonds. The third-order valence-electron chi connectivity index (χ3n) is 3.34. The number of nitrogens with one attached hydrogen (secondary N) is 2. The number of halogens is 1. The van der Waals surface area contributed by atoms with Gasteiger partial charge in [-0.2, -0.15) is 5.26 Å². The summed E-state index contributed by atoms with van der Waals surface area (Å²) in [7, 11) is 0. The van der Waals surface area contributed by atoms with Gasteiger partial charge >= 0.3 is 0 Å². The second-order valence-corrected chi connectivity index (χ2v) is 4.97. The van der Waals surface area contributed by atoms with E-state index in [0.717, 1.165) is 17.1 Å². The first-order chi connectivity index (χ1) is 11.2. The van der Waals surface area contributed by atoms with Gasteiger partial charge in [-0.15, -0.1) is 0 Å². The molecule has 0 bridgehead atoms. The molecule has 2 aromatic heterocycles. The van der Waals surface area contributed by atoms with Crippen LogP contribution in [0.5, 0.6) is 0 Å². The van der Waals surface area contributed by atoms with Gasteiger partial charge in [0.25, 0.3) is 0 Å². The summed E-state index contributed by atoms with van der Waals surface area (Å²) in [5.74, 6) is 1.30. The molecule has 0 aliphatic carbocycles. The Labute approximate surface area is 132 Å². The van der Waals surface area contributed by atoms with Crippen molar-refractivity contribution in [2.45, 2.75) is 6.42 Å². The number of anilines is 1. The molecule has 0 saturated heterocycles. The van der Waals surface area contributed by atoms with Crippen molar-refractivity contribution in [2.24, 2.45) is 0 Å². The summed E-state index contributed by atoms with van der Waals surface area (Å²) in [6.07, 6.45) is 3.97. The molecule has 0 spiro atoms. The van der Waals surface area contributed by atoms with Crippen LogP contribution in [0.3, 0.4) is 0 Å². The van der Waals surface area contributed by atoms with E-state index in [4.69, 9.17) is 5.26 Å². The predicted octanol–water partition coefficient (Wildman–Crippen LogP) is 3.14. The topological polar surface area (TPSA) is 77.4 Å². The molecule has 3 rings (SSSR count). The monoisotopic (exact) mass is 307 g/mol. The number of nitrogens with zero attached hydrogens (tertiary/aromatic N) is 3. The molecule has 6 heteroatoms. The van der Waals surface area contributed by atoms with E-state index >= 15 is 0 Å². The van der Waals surface area contributed by atoms with E-state index in [1.54, 1.807) is 30.5 Å². The molecular formula is C17H14FN5. The summed E-state index contributed by atoms with van der Waals surface area (Å²) in [6.45, 7) is 0.662. The molecule has 2 N–H and O–H groups in total.